The fraction of sp³-hybridized carbons (Fsp3) is 0.391. The molecule has 4 heterocycles. The molecule has 0 radical (unpaired) electrons. The minimum absolute atomic E-state index is 0.0417. The molecule has 1 aliphatic heterocycles. The van der Waals surface area contributed by atoms with E-state index < -0.39 is 13.0 Å². The van der Waals surface area contributed by atoms with Gasteiger partial charge in [0.25, 0.3) is 6.43 Å². The standard InChI is InChI=1S/C23H25F2N7O2/c1-12-27-16-6-4-13(8-17(16)32(12)11-18(24)25)15-9-26-21-20(15)22(34-3)30-23(29-21)28-14-5-7-19(33)31(2)10-14/h4,6,8-9,14,18H,5,7,10-11H2,1-3H3,(H2,26,28,29,30)/t14-/m1/s1. The van der Waals surface area contributed by atoms with E-state index in [1.54, 1.807) is 32.2 Å². The Morgan fingerprint density at radius 2 is 2.12 bits per heavy atom. The van der Waals surface area contributed by atoms with Gasteiger partial charge in [0.2, 0.25) is 17.7 Å². The number of likely N-dealkylation sites (tertiary alicyclic amines) is 1. The summed E-state index contributed by atoms with van der Waals surface area (Å²) in [6.07, 6.45) is 0.508. The molecule has 2 N–H and O–H groups in total. The van der Waals surface area contributed by atoms with E-state index >= 15 is 0 Å². The average Bonchev–Trinajstić information content (AvgIpc) is 3.36. The molecule has 4 aromatic rings. The number of benzene rings is 1. The maximum Gasteiger partial charge on any atom is 0.256 e. The first kappa shape index (κ1) is 22.1. The number of carbonyl (C=O) groups excluding carboxylic acids is 1. The van der Waals surface area contributed by atoms with Crippen LogP contribution in [0.1, 0.15) is 18.7 Å². The Morgan fingerprint density at radius 3 is 2.85 bits per heavy atom. The molecule has 1 saturated heterocycles. The predicted molar refractivity (Wildman–Crippen MR) is 124 cm³/mol. The number of nitrogens with zero attached hydrogens (tertiary/aromatic N) is 5. The van der Waals surface area contributed by atoms with Crippen LogP contribution in [0.2, 0.25) is 0 Å². The van der Waals surface area contributed by atoms with Crippen LogP contribution in [0.5, 0.6) is 5.88 Å². The second-order valence-corrected chi connectivity index (χ2v) is 8.50. The van der Waals surface area contributed by atoms with Crippen LogP contribution in [0.4, 0.5) is 14.7 Å². The van der Waals surface area contributed by atoms with E-state index in [-0.39, 0.29) is 11.9 Å². The zero-order chi connectivity index (χ0) is 24.0. The molecule has 34 heavy (non-hydrogen) atoms. The Bertz CT molecular complexity index is 1380. The lowest BCUT2D eigenvalue weighted by Gasteiger charge is -2.30. The van der Waals surface area contributed by atoms with Crippen LogP contribution in [0.3, 0.4) is 0 Å². The number of rotatable bonds is 6. The van der Waals surface area contributed by atoms with Crippen molar-refractivity contribution in [3.63, 3.8) is 0 Å². The fourth-order valence-electron chi connectivity index (χ4n) is 4.53. The van der Waals surface area contributed by atoms with Crippen LogP contribution in [0.25, 0.3) is 33.2 Å². The van der Waals surface area contributed by atoms with Gasteiger partial charge in [-0.05, 0) is 31.0 Å². The number of anilines is 1. The summed E-state index contributed by atoms with van der Waals surface area (Å²) >= 11 is 0. The molecule has 0 bridgehead atoms. The van der Waals surface area contributed by atoms with E-state index in [4.69, 9.17) is 4.74 Å². The number of amides is 1. The number of imidazole rings is 1. The average molecular weight is 469 g/mol. The zero-order valence-corrected chi connectivity index (χ0v) is 19.1. The minimum Gasteiger partial charge on any atom is -0.480 e. The minimum atomic E-state index is -2.48. The third kappa shape index (κ3) is 3.91. The topological polar surface area (TPSA) is 101 Å². The van der Waals surface area contributed by atoms with Crippen molar-refractivity contribution < 1.29 is 18.3 Å². The first-order valence-electron chi connectivity index (χ1n) is 11.0. The lowest BCUT2D eigenvalue weighted by atomic mass is 10.1. The highest BCUT2D eigenvalue weighted by Gasteiger charge is 2.24. The van der Waals surface area contributed by atoms with Gasteiger partial charge >= 0.3 is 0 Å². The number of piperidine rings is 1. The molecule has 0 unspecified atom stereocenters. The Hall–Kier alpha value is -3.76. The lowest BCUT2D eigenvalue weighted by molar-refractivity contribution is -0.132. The molecule has 1 atom stereocenters. The van der Waals surface area contributed by atoms with E-state index in [9.17, 15) is 13.6 Å². The molecule has 3 aromatic heterocycles. The first-order chi connectivity index (χ1) is 16.3. The SMILES string of the molecule is COc1nc(N[C@@H]2CCC(=O)N(C)C2)nc2[nH]cc(-c3ccc4nc(C)n(CC(F)F)c4c3)c12. The van der Waals surface area contributed by atoms with Crippen molar-refractivity contribution in [1.29, 1.82) is 0 Å². The molecule has 0 aliphatic carbocycles. The number of likely N-dealkylation sites (N-methyl/N-ethyl adjacent to an activating group) is 1. The summed E-state index contributed by atoms with van der Waals surface area (Å²) in [5.74, 6) is 1.47. The zero-order valence-electron chi connectivity index (χ0n) is 19.1. The Balaban J connectivity index is 1.52. The van der Waals surface area contributed by atoms with Crippen molar-refractivity contribution in [3.8, 4) is 17.0 Å². The number of aromatic amines is 1. The fourth-order valence-corrected chi connectivity index (χ4v) is 4.53. The van der Waals surface area contributed by atoms with Gasteiger partial charge in [-0.2, -0.15) is 9.97 Å². The number of hydrogen-bond acceptors (Lipinski definition) is 6. The monoisotopic (exact) mass is 469 g/mol. The predicted octanol–water partition coefficient (Wildman–Crippen LogP) is 3.59. The number of alkyl halides is 2. The van der Waals surface area contributed by atoms with E-state index in [0.717, 1.165) is 11.1 Å². The number of fused-ring (bicyclic) bond motifs is 2. The van der Waals surface area contributed by atoms with Crippen LogP contribution < -0.4 is 10.1 Å². The van der Waals surface area contributed by atoms with Gasteiger partial charge in [-0.25, -0.2) is 13.8 Å². The number of ether oxygens (including phenoxy) is 1. The van der Waals surface area contributed by atoms with Gasteiger partial charge in [-0.3, -0.25) is 4.79 Å². The molecule has 0 spiro atoms. The Morgan fingerprint density at radius 1 is 1.29 bits per heavy atom. The van der Waals surface area contributed by atoms with Crippen LogP contribution in [0.15, 0.2) is 24.4 Å². The summed E-state index contributed by atoms with van der Waals surface area (Å²) in [5, 5.41) is 4.00. The first-order valence-corrected chi connectivity index (χ1v) is 11.0. The van der Waals surface area contributed by atoms with Gasteiger partial charge in [0.15, 0.2) is 0 Å². The third-order valence-electron chi connectivity index (χ3n) is 6.22. The van der Waals surface area contributed by atoms with E-state index in [0.29, 0.717) is 59.1 Å². The molecule has 1 aromatic carbocycles. The van der Waals surface area contributed by atoms with Crippen LogP contribution in [-0.4, -0.2) is 68.5 Å². The van der Waals surface area contributed by atoms with Gasteiger partial charge < -0.3 is 24.5 Å². The van der Waals surface area contributed by atoms with Crippen molar-refractivity contribution in [2.24, 2.45) is 0 Å². The number of aryl methyl sites for hydroxylation is 1. The van der Waals surface area contributed by atoms with Crippen molar-refractivity contribution in [1.82, 2.24) is 29.4 Å². The smallest absolute Gasteiger partial charge is 0.256 e. The van der Waals surface area contributed by atoms with Crippen molar-refractivity contribution in [3.05, 3.63) is 30.2 Å². The van der Waals surface area contributed by atoms with Crippen LogP contribution >= 0.6 is 0 Å². The van der Waals surface area contributed by atoms with Crippen molar-refractivity contribution >= 4 is 33.9 Å². The molecule has 5 rings (SSSR count). The maximum absolute atomic E-state index is 13.1. The molecule has 11 heteroatoms. The molecular weight excluding hydrogens is 444 g/mol. The number of hydrogen-bond donors (Lipinski definition) is 2. The van der Waals surface area contributed by atoms with Crippen LogP contribution in [-0.2, 0) is 11.3 Å². The lowest BCUT2D eigenvalue weighted by Crippen LogP contribution is -2.43. The summed E-state index contributed by atoms with van der Waals surface area (Å²) in [5.41, 5.74) is 3.49. The molecule has 9 nitrogen and oxygen atoms in total. The van der Waals surface area contributed by atoms with Gasteiger partial charge in [-0.15, -0.1) is 0 Å². The number of carbonyl (C=O) groups is 1. The number of halogens is 2. The summed E-state index contributed by atoms with van der Waals surface area (Å²) < 4.78 is 33.4. The quantitative estimate of drug-likeness (QED) is 0.448. The van der Waals surface area contributed by atoms with Gasteiger partial charge in [0.05, 0.1) is 30.1 Å². The molecule has 178 valence electrons. The largest absolute Gasteiger partial charge is 0.480 e. The van der Waals surface area contributed by atoms with Crippen molar-refractivity contribution in [2.45, 2.75) is 38.8 Å². The van der Waals surface area contributed by atoms with E-state index in [1.165, 1.54) is 4.57 Å². The molecule has 0 saturated carbocycles. The van der Waals surface area contributed by atoms with Crippen LogP contribution in [0, 0.1) is 6.92 Å². The van der Waals surface area contributed by atoms with Crippen molar-refractivity contribution in [2.75, 3.05) is 26.0 Å². The van der Waals surface area contributed by atoms with E-state index in [2.05, 4.69) is 25.3 Å². The molecular formula is C23H25F2N7O2. The van der Waals surface area contributed by atoms with Gasteiger partial charge in [0.1, 0.15) is 11.5 Å². The Labute approximate surface area is 194 Å². The maximum atomic E-state index is 13.1. The van der Waals surface area contributed by atoms with E-state index in [1.807, 2.05) is 18.2 Å². The number of nitrogens with one attached hydrogen (secondary N) is 2. The summed E-state index contributed by atoms with van der Waals surface area (Å²) in [6, 6.07) is 5.61. The normalized spacial score (nSPS) is 16.7. The highest BCUT2D eigenvalue weighted by Crippen LogP contribution is 2.36. The number of H-pyrrole nitrogens is 1. The molecule has 1 amide bonds. The molecule has 1 fully saturated rings. The third-order valence-corrected chi connectivity index (χ3v) is 6.22. The number of methoxy groups -OCH3 is 1. The second kappa shape index (κ2) is 8.54. The summed E-state index contributed by atoms with van der Waals surface area (Å²) in [7, 11) is 3.32. The van der Waals surface area contributed by atoms with Gasteiger partial charge in [-0.1, -0.05) is 6.07 Å². The van der Waals surface area contributed by atoms with Gasteiger partial charge in [0, 0.05) is 37.8 Å². The second-order valence-electron chi connectivity index (χ2n) is 8.50. The summed E-state index contributed by atoms with van der Waals surface area (Å²) in [6.45, 7) is 1.88. The highest BCUT2D eigenvalue weighted by molar-refractivity contribution is 5.99. The Kier molecular flexibility index (Phi) is 5.54. The number of aromatic nitrogens is 5. The highest BCUT2D eigenvalue weighted by atomic mass is 19.3. The molecule has 1 aliphatic rings. The summed E-state index contributed by atoms with van der Waals surface area (Å²) in [4.78, 5) is 30.2.